The summed E-state index contributed by atoms with van der Waals surface area (Å²) >= 11 is 0. The van der Waals surface area contributed by atoms with Crippen molar-refractivity contribution in [3.05, 3.63) is 29.8 Å². The van der Waals surface area contributed by atoms with Gasteiger partial charge < -0.3 is 14.8 Å². The van der Waals surface area contributed by atoms with Crippen molar-refractivity contribution >= 4 is 0 Å². The van der Waals surface area contributed by atoms with Crippen LogP contribution in [0.5, 0.6) is 5.75 Å². The lowest BCUT2D eigenvalue weighted by atomic mass is 9.89. The fourth-order valence-corrected chi connectivity index (χ4v) is 2.83. The lowest BCUT2D eigenvalue weighted by Crippen LogP contribution is -2.44. The van der Waals surface area contributed by atoms with Crippen LogP contribution >= 0.6 is 0 Å². The van der Waals surface area contributed by atoms with E-state index in [1.165, 1.54) is 18.4 Å². The van der Waals surface area contributed by atoms with Crippen molar-refractivity contribution in [2.24, 2.45) is 5.92 Å². The van der Waals surface area contributed by atoms with Gasteiger partial charge in [0.25, 0.3) is 0 Å². The molecule has 3 nitrogen and oxygen atoms in total. The van der Waals surface area contributed by atoms with E-state index in [0.717, 1.165) is 37.8 Å². The Morgan fingerprint density at radius 2 is 2.00 bits per heavy atom. The van der Waals surface area contributed by atoms with Crippen molar-refractivity contribution in [3.63, 3.8) is 0 Å². The third-order valence-corrected chi connectivity index (χ3v) is 4.16. The van der Waals surface area contributed by atoms with Crippen molar-refractivity contribution in [3.8, 4) is 5.75 Å². The van der Waals surface area contributed by atoms with Gasteiger partial charge in [0.15, 0.2) is 0 Å². The lowest BCUT2D eigenvalue weighted by molar-refractivity contribution is 0.0316. The summed E-state index contributed by atoms with van der Waals surface area (Å²) in [5.74, 6) is 1.53. The van der Waals surface area contributed by atoms with Crippen LogP contribution < -0.4 is 10.1 Å². The van der Waals surface area contributed by atoms with Gasteiger partial charge in [-0.15, -0.1) is 0 Å². The Bertz CT molecular complexity index is 400. The molecule has 0 radical (unpaired) electrons. The molecule has 1 aliphatic carbocycles. The highest BCUT2D eigenvalue weighted by Gasteiger charge is 2.31. The van der Waals surface area contributed by atoms with Crippen molar-refractivity contribution in [2.75, 3.05) is 20.3 Å². The first-order valence-corrected chi connectivity index (χ1v) is 7.32. The zero-order valence-electron chi connectivity index (χ0n) is 11.6. The largest absolute Gasteiger partial charge is 0.497 e. The van der Waals surface area contributed by atoms with E-state index in [1.54, 1.807) is 7.11 Å². The van der Waals surface area contributed by atoms with Crippen LogP contribution in [0.15, 0.2) is 24.3 Å². The molecule has 3 rings (SSSR count). The Kier molecular flexibility index (Phi) is 4.04. The molecule has 1 aromatic rings. The SMILES string of the molecule is COc1ccc(CC2COCCC2NC2CC2)cc1. The molecular weight excluding hydrogens is 238 g/mol. The minimum absolute atomic E-state index is 0.600. The second-order valence-electron chi connectivity index (χ2n) is 5.72. The molecule has 104 valence electrons. The molecule has 2 unspecified atom stereocenters. The topological polar surface area (TPSA) is 30.5 Å². The number of ether oxygens (including phenoxy) is 2. The van der Waals surface area contributed by atoms with Crippen LogP contribution in [-0.2, 0) is 11.2 Å². The highest BCUT2D eigenvalue weighted by atomic mass is 16.5. The molecule has 0 bridgehead atoms. The van der Waals surface area contributed by atoms with Crippen LogP contribution in [0.1, 0.15) is 24.8 Å². The minimum atomic E-state index is 0.600. The zero-order chi connectivity index (χ0) is 13.1. The second kappa shape index (κ2) is 5.93. The Morgan fingerprint density at radius 3 is 2.68 bits per heavy atom. The summed E-state index contributed by atoms with van der Waals surface area (Å²) in [4.78, 5) is 0. The fourth-order valence-electron chi connectivity index (χ4n) is 2.83. The first-order valence-electron chi connectivity index (χ1n) is 7.32. The molecule has 1 heterocycles. The smallest absolute Gasteiger partial charge is 0.118 e. The van der Waals surface area contributed by atoms with E-state index in [1.807, 2.05) is 12.1 Å². The van der Waals surface area contributed by atoms with Crippen LogP contribution in [0.4, 0.5) is 0 Å². The first kappa shape index (κ1) is 12.9. The van der Waals surface area contributed by atoms with Gasteiger partial charge in [-0.25, -0.2) is 0 Å². The highest BCUT2D eigenvalue weighted by Crippen LogP contribution is 2.26. The van der Waals surface area contributed by atoms with Gasteiger partial charge in [0, 0.05) is 24.6 Å². The molecule has 1 saturated carbocycles. The molecule has 0 spiro atoms. The van der Waals surface area contributed by atoms with Gasteiger partial charge in [-0.3, -0.25) is 0 Å². The normalized spacial score (nSPS) is 27.2. The summed E-state index contributed by atoms with van der Waals surface area (Å²) in [5, 5.41) is 3.78. The predicted molar refractivity (Wildman–Crippen MR) is 75.6 cm³/mol. The maximum atomic E-state index is 5.67. The number of nitrogens with one attached hydrogen (secondary N) is 1. The summed E-state index contributed by atoms with van der Waals surface area (Å²) in [6, 6.07) is 9.83. The van der Waals surface area contributed by atoms with Crippen LogP contribution in [0.2, 0.25) is 0 Å². The molecule has 1 saturated heterocycles. The number of rotatable bonds is 5. The average molecular weight is 261 g/mol. The molecule has 3 heteroatoms. The molecule has 1 aliphatic heterocycles. The fraction of sp³-hybridized carbons (Fsp3) is 0.625. The van der Waals surface area contributed by atoms with Gasteiger partial charge in [0.05, 0.1) is 13.7 Å². The zero-order valence-corrected chi connectivity index (χ0v) is 11.6. The maximum absolute atomic E-state index is 5.67. The second-order valence-corrected chi connectivity index (χ2v) is 5.72. The summed E-state index contributed by atoms with van der Waals surface area (Å²) in [7, 11) is 1.71. The van der Waals surface area contributed by atoms with Crippen molar-refractivity contribution in [1.29, 1.82) is 0 Å². The van der Waals surface area contributed by atoms with Crippen LogP contribution in [0.25, 0.3) is 0 Å². The average Bonchev–Trinajstić information content (AvgIpc) is 3.26. The van der Waals surface area contributed by atoms with E-state index in [4.69, 9.17) is 9.47 Å². The van der Waals surface area contributed by atoms with E-state index < -0.39 is 0 Å². The standard InChI is InChI=1S/C16H23NO2/c1-18-15-6-2-12(3-7-15)10-13-11-19-9-8-16(13)17-14-4-5-14/h2-3,6-7,13-14,16-17H,4-5,8-11H2,1H3. The number of methoxy groups -OCH3 is 1. The predicted octanol–water partition coefficient (Wildman–Crippen LogP) is 2.39. The molecule has 1 N–H and O–H groups in total. The lowest BCUT2D eigenvalue weighted by Gasteiger charge is -2.32. The van der Waals surface area contributed by atoms with Crippen molar-refractivity contribution in [2.45, 2.75) is 37.8 Å². The highest BCUT2D eigenvalue weighted by molar-refractivity contribution is 5.27. The molecule has 2 atom stereocenters. The third-order valence-electron chi connectivity index (χ3n) is 4.16. The van der Waals surface area contributed by atoms with E-state index in [9.17, 15) is 0 Å². The first-order chi connectivity index (χ1) is 9.35. The quantitative estimate of drug-likeness (QED) is 0.883. The Morgan fingerprint density at radius 1 is 1.21 bits per heavy atom. The summed E-state index contributed by atoms with van der Waals surface area (Å²) in [6.45, 7) is 1.79. The maximum Gasteiger partial charge on any atom is 0.118 e. The van der Waals surface area contributed by atoms with E-state index in [-0.39, 0.29) is 0 Å². The van der Waals surface area contributed by atoms with Gasteiger partial charge in [-0.1, -0.05) is 12.1 Å². The summed E-state index contributed by atoms with van der Waals surface area (Å²) < 4.78 is 10.9. The molecule has 2 fully saturated rings. The van der Waals surface area contributed by atoms with Gasteiger partial charge in [-0.2, -0.15) is 0 Å². The van der Waals surface area contributed by atoms with E-state index in [2.05, 4.69) is 17.4 Å². The molecule has 19 heavy (non-hydrogen) atoms. The van der Waals surface area contributed by atoms with Crippen molar-refractivity contribution < 1.29 is 9.47 Å². The van der Waals surface area contributed by atoms with Crippen LogP contribution in [-0.4, -0.2) is 32.4 Å². The monoisotopic (exact) mass is 261 g/mol. The summed E-state index contributed by atoms with van der Waals surface area (Å²) in [6.07, 6.45) is 4.95. The van der Waals surface area contributed by atoms with E-state index in [0.29, 0.717) is 12.0 Å². The molecule has 0 amide bonds. The molecule has 2 aliphatic rings. The van der Waals surface area contributed by atoms with E-state index >= 15 is 0 Å². The van der Waals surface area contributed by atoms with Gasteiger partial charge >= 0.3 is 0 Å². The third kappa shape index (κ3) is 3.48. The Balaban J connectivity index is 1.61. The Hall–Kier alpha value is -1.06. The number of hydrogen-bond donors (Lipinski definition) is 1. The van der Waals surface area contributed by atoms with Crippen LogP contribution in [0, 0.1) is 5.92 Å². The molecule has 1 aromatic carbocycles. The van der Waals surface area contributed by atoms with Crippen molar-refractivity contribution in [1.82, 2.24) is 5.32 Å². The van der Waals surface area contributed by atoms with Gasteiger partial charge in [0.1, 0.15) is 5.75 Å². The van der Waals surface area contributed by atoms with Gasteiger partial charge in [-0.05, 0) is 43.4 Å². The Labute approximate surface area is 115 Å². The summed E-state index contributed by atoms with van der Waals surface area (Å²) in [5.41, 5.74) is 1.37. The van der Waals surface area contributed by atoms with Gasteiger partial charge in [0.2, 0.25) is 0 Å². The molecular formula is C16H23NO2. The molecule has 0 aromatic heterocycles. The minimum Gasteiger partial charge on any atom is -0.497 e. The van der Waals surface area contributed by atoms with Crippen LogP contribution in [0.3, 0.4) is 0 Å². The number of benzene rings is 1. The number of hydrogen-bond acceptors (Lipinski definition) is 3.